The van der Waals surface area contributed by atoms with Gasteiger partial charge in [-0.2, -0.15) is 0 Å². The number of unbranched alkanes of at least 4 members (excludes halogenated alkanes) is 1. The van der Waals surface area contributed by atoms with Gasteiger partial charge in [0.2, 0.25) is 0 Å². The summed E-state index contributed by atoms with van der Waals surface area (Å²) in [5.74, 6) is 0.455. The standard InChI is InChI=1S/C22H21FN4OS/c23-16-10-11-17-18(12-16)26-20(25-17)8-4-5-9-21-27-19(14-29-21)22(28)24-13-15-6-2-1-3-7-15/h1-3,6-7,10-12,14H,4-5,8-9,13H2,(H,24,28)(H,25,26). The lowest BCUT2D eigenvalue weighted by Crippen LogP contribution is -2.23. The molecule has 0 fully saturated rings. The minimum absolute atomic E-state index is 0.147. The second kappa shape index (κ2) is 8.96. The largest absolute Gasteiger partial charge is 0.347 e. The van der Waals surface area contributed by atoms with E-state index in [4.69, 9.17) is 0 Å². The zero-order valence-corrected chi connectivity index (χ0v) is 16.6. The molecule has 0 saturated carbocycles. The van der Waals surface area contributed by atoms with Crippen LogP contribution in [0.4, 0.5) is 4.39 Å². The summed E-state index contributed by atoms with van der Waals surface area (Å²) in [4.78, 5) is 24.3. The molecule has 2 heterocycles. The van der Waals surface area contributed by atoms with Gasteiger partial charge in [0.05, 0.1) is 16.0 Å². The molecule has 1 amide bonds. The Kier molecular flexibility index (Phi) is 5.95. The van der Waals surface area contributed by atoms with Crippen molar-refractivity contribution in [1.82, 2.24) is 20.3 Å². The Labute approximate surface area is 172 Å². The fraction of sp³-hybridized carbons (Fsp3) is 0.227. The van der Waals surface area contributed by atoms with Gasteiger partial charge in [0.25, 0.3) is 5.91 Å². The smallest absolute Gasteiger partial charge is 0.271 e. The summed E-state index contributed by atoms with van der Waals surface area (Å²) in [5, 5.41) is 5.67. The summed E-state index contributed by atoms with van der Waals surface area (Å²) in [6.45, 7) is 0.494. The molecule has 7 heteroatoms. The number of H-pyrrole nitrogens is 1. The summed E-state index contributed by atoms with van der Waals surface area (Å²) in [7, 11) is 0. The van der Waals surface area contributed by atoms with Crippen LogP contribution in [0.1, 0.15) is 39.7 Å². The maximum absolute atomic E-state index is 13.3. The van der Waals surface area contributed by atoms with Crippen molar-refractivity contribution >= 4 is 28.3 Å². The predicted octanol–water partition coefficient (Wildman–Crippen LogP) is 4.65. The molecule has 5 nitrogen and oxygen atoms in total. The summed E-state index contributed by atoms with van der Waals surface area (Å²) >= 11 is 1.51. The van der Waals surface area contributed by atoms with Crippen molar-refractivity contribution in [1.29, 1.82) is 0 Å². The Bertz CT molecular complexity index is 1110. The highest BCUT2D eigenvalue weighted by molar-refractivity contribution is 7.09. The number of nitrogens with one attached hydrogen (secondary N) is 2. The first-order valence-electron chi connectivity index (χ1n) is 9.58. The number of fused-ring (bicyclic) bond motifs is 1. The number of nitrogens with zero attached hydrogens (tertiary/aromatic N) is 2. The van der Waals surface area contributed by atoms with Crippen LogP contribution in [0.5, 0.6) is 0 Å². The SMILES string of the molecule is O=C(NCc1ccccc1)c1csc(CCCCc2nc3ccc(F)cc3[nH]2)n1. The van der Waals surface area contributed by atoms with Crippen molar-refractivity contribution < 1.29 is 9.18 Å². The average Bonchev–Trinajstić information content (AvgIpc) is 3.36. The molecule has 0 saturated heterocycles. The van der Waals surface area contributed by atoms with Crippen LogP contribution in [0.3, 0.4) is 0 Å². The van der Waals surface area contributed by atoms with Crippen molar-refractivity contribution in [2.24, 2.45) is 0 Å². The highest BCUT2D eigenvalue weighted by Gasteiger charge is 2.11. The van der Waals surface area contributed by atoms with Gasteiger partial charge in [-0.3, -0.25) is 4.79 Å². The molecule has 2 aromatic heterocycles. The topological polar surface area (TPSA) is 70.7 Å². The first-order valence-corrected chi connectivity index (χ1v) is 10.5. The quantitative estimate of drug-likeness (QED) is 0.417. The number of aryl methyl sites for hydroxylation is 2. The molecule has 0 aliphatic carbocycles. The normalized spacial score (nSPS) is 11.1. The van der Waals surface area contributed by atoms with Gasteiger partial charge in [0.1, 0.15) is 17.3 Å². The molecule has 4 rings (SSSR count). The van der Waals surface area contributed by atoms with E-state index in [0.29, 0.717) is 12.2 Å². The van der Waals surface area contributed by atoms with Crippen LogP contribution in [0.2, 0.25) is 0 Å². The van der Waals surface area contributed by atoms with Crippen LogP contribution in [0, 0.1) is 5.82 Å². The number of carbonyl (C=O) groups is 1. The first-order chi connectivity index (χ1) is 14.2. The van der Waals surface area contributed by atoms with E-state index < -0.39 is 0 Å². The third-order valence-electron chi connectivity index (χ3n) is 4.63. The molecule has 29 heavy (non-hydrogen) atoms. The minimum atomic E-state index is -0.264. The Morgan fingerprint density at radius 2 is 1.90 bits per heavy atom. The molecule has 0 spiro atoms. The molecule has 0 bridgehead atoms. The Morgan fingerprint density at radius 1 is 1.07 bits per heavy atom. The van der Waals surface area contributed by atoms with Gasteiger partial charge in [-0.25, -0.2) is 14.4 Å². The summed E-state index contributed by atoms with van der Waals surface area (Å²) in [5.41, 5.74) is 3.04. The number of imidazole rings is 1. The van der Waals surface area contributed by atoms with Gasteiger partial charge in [-0.1, -0.05) is 30.3 Å². The zero-order valence-electron chi connectivity index (χ0n) is 15.8. The van der Waals surface area contributed by atoms with Crippen molar-refractivity contribution in [3.05, 3.63) is 81.8 Å². The maximum Gasteiger partial charge on any atom is 0.271 e. The van der Waals surface area contributed by atoms with Gasteiger partial charge in [0.15, 0.2) is 0 Å². The second-order valence-electron chi connectivity index (χ2n) is 6.85. The number of amides is 1. The third kappa shape index (κ3) is 5.06. The number of benzene rings is 2. The van der Waals surface area contributed by atoms with E-state index in [0.717, 1.165) is 53.1 Å². The van der Waals surface area contributed by atoms with E-state index in [9.17, 15) is 9.18 Å². The van der Waals surface area contributed by atoms with Crippen LogP contribution >= 0.6 is 11.3 Å². The fourth-order valence-corrected chi connectivity index (χ4v) is 3.94. The molecule has 0 radical (unpaired) electrons. The van der Waals surface area contributed by atoms with E-state index in [-0.39, 0.29) is 11.7 Å². The Balaban J connectivity index is 1.23. The van der Waals surface area contributed by atoms with Crippen LogP contribution in [-0.4, -0.2) is 20.9 Å². The molecule has 0 atom stereocenters. The minimum Gasteiger partial charge on any atom is -0.347 e. The summed E-state index contributed by atoms with van der Waals surface area (Å²) in [6.07, 6.45) is 3.51. The van der Waals surface area contributed by atoms with Gasteiger partial charge in [0, 0.05) is 18.3 Å². The molecule has 0 aliphatic heterocycles. The number of carbonyl (C=O) groups excluding carboxylic acids is 1. The van der Waals surface area contributed by atoms with Crippen LogP contribution in [0.15, 0.2) is 53.9 Å². The number of rotatable bonds is 8. The van der Waals surface area contributed by atoms with E-state index >= 15 is 0 Å². The van der Waals surface area contributed by atoms with E-state index in [1.54, 1.807) is 6.07 Å². The molecule has 2 aromatic carbocycles. The number of halogens is 1. The average molecular weight is 409 g/mol. The van der Waals surface area contributed by atoms with E-state index in [2.05, 4.69) is 20.3 Å². The highest BCUT2D eigenvalue weighted by Crippen LogP contribution is 2.16. The number of hydrogen-bond acceptors (Lipinski definition) is 4. The summed E-state index contributed by atoms with van der Waals surface area (Å²) in [6, 6.07) is 14.4. The third-order valence-corrected chi connectivity index (χ3v) is 5.54. The molecule has 2 N–H and O–H groups in total. The number of thiazole rings is 1. The van der Waals surface area contributed by atoms with Gasteiger partial charge in [-0.05, 0) is 43.0 Å². The van der Waals surface area contributed by atoms with Gasteiger partial charge < -0.3 is 10.3 Å². The van der Waals surface area contributed by atoms with Gasteiger partial charge >= 0.3 is 0 Å². The fourth-order valence-electron chi connectivity index (χ4n) is 3.12. The molecular formula is C22H21FN4OS. The second-order valence-corrected chi connectivity index (χ2v) is 7.79. The van der Waals surface area contributed by atoms with E-state index in [1.807, 2.05) is 35.7 Å². The van der Waals surface area contributed by atoms with Crippen molar-refractivity contribution in [3.63, 3.8) is 0 Å². The lowest BCUT2D eigenvalue weighted by atomic mass is 10.2. The molecule has 0 aliphatic rings. The Hall–Kier alpha value is -3.06. The van der Waals surface area contributed by atoms with Crippen LogP contribution in [0.25, 0.3) is 11.0 Å². The number of hydrogen-bond donors (Lipinski definition) is 2. The first kappa shape index (κ1) is 19.3. The lowest BCUT2D eigenvalue weighted by Gasteiger charge is -2.02. The van der Waals surface area contributed by atoms with Crippen LogP contribution < -0.4 is 5.32 Å². The number of aromatic nitrogens is 3. The van der Waals surface area contributed by atoms with Crippen molar-refractivity contribution in [3.8, 4) is 0 Å². The highest BCUT2D eigenvalue weighted by atomic mass is 32.1. The Morgan fingerprint density at radius 3 is 2.76 bits per heavy atom. The van der Waals surface area contributed by atoms with E-state index in [1.165, 1.54) is 23.5 Å². The molecule has 0 unspecified atom stereocenters. The summed E-state index contributed by atoms with van der Waals surface area (Å²) < 4.78 is 13.3. The predicted molar refractivity (Wildman–Crippen MR) is 112 cm³/mol. The van der Waals surface area contributed by atoms with Crippen molar-refractivity contribution in [2.45, 2.75) is 32.2 Å². The monoisotopic (exact) mass is 408 g/mol. The van der Waals surface area contributed by atoms with Crippen molar-refractivity contribution in [2.75, 3.05) is 0 Å². The maximum atomic E-state index is 13.3. The molecule has 148 valence electrons. The molecule has 4 aromatic rings. The zero-order chi connectivity index (χ0) is 20.1. The van der Waals surface area contributed by atoms with Gasteiger partial charge in [-0.15, -0.1) is 11.3 Å². The number of aromatic amines is 1. The van der Waals surface area contributed by atoms with Crippen LogP contribution in [-0.2, 0) is 19.4 Å². The molecular weight excluding hydrogens is 387 g/mol. The lowest BCUT2D eigenvalue weighted by molar-refractivity contribution is 0.0946.